The fraction of sp³-hybridized carbons (Fsp3) is 0.571. The van der Waals surface area contributed by atoms with Crippen LogP contribution >= 0.6 is 15.9 Å². The summed E-state index contributed by atoms with van der Waals surface area (Å²) in [5.41, 5.74) is 0. The molecule has 1 aliphatic carbocycles. The molecule has 1 unspecified atom stereocenters. The Morgan fingerprint density at radius 1 is 1.33 bits per heavy atom. The molecule has 1 aliphatic heterocycles. The first-order valence-electron chi connectivity index (χ1n) is 7.14. The van der Waals surface area contributed by atoms with E-state index >= 15 is 0 Å². The lowest BCUT2D eigenvalue weighted by Crippen LogP contribution is -2.31. The maximum atomic E-state index is 13.5. The van der Waals surface area contributed by atoms with Gasteiger partial charge in [0.1, 0.15) is 5.82 Å². The first-order valence-corrected chi connectivity index (χ1v) is 9.42. The average molecular weight is 377 g/mol. The molecular formula is C14H18BrFN2O2S. The minimum atomic E-state index is -3.64. The van der Waals surface area contributed by atoms with Gasteiger partial charge in [0.15, 0.2) is 0 Å². The summed E-state index contributed by atoms with van der Waals surface area (Å²) in [7, 11) is -3.64. The number of benzene rings is 1. The van der Waals surface area contributed by atoms with Crippen molar-refractivity contribution >= 4 is 26.0 Å². The van der Waals surface area contributed by atoms with Gasteiger partial charge < -0.3 is 4.90 Å². The normalized spacial score (nSPS) is 23.6. The van der Waals surface area contributed by atoms with Gasteiger partial charge in [-0.15, -0.1) is 0 Å². The zero-order valence-corrected chi connectivity index (χ0v) is 14.0. The lowest BCUT2D eigenvalue weighted by atomic mass is 10.1. The molecule has 2 fully saturated rings. The number of hydrogen-bond acceptors (Lipinski definition) is 3. The average Bonchev–Trinajstić information content (AvgIpc) is 3.19. The third kappa shape index (κ3) is 3.64. The van der Waals surface area contributed by atoms with Crippen molar-refractivity contribution in [3.05, 3.63) is 28.5 Å². The Morgan fingerprint density at radius 2 is 2.10 bits per heavy atom. The molecular weight excluding hydrogens is 359 g/mol. The standard InChI is InChI=1S/C14H18BrFN2O2S/c15-13-4-3-12(7-14(13)16)21(19,20)17-8-10-5-6-18(9-10)11-1-2-11/h3-4,7,10-11,17H,1-2,5-6,8-9H2. The van der Waals surface area contributed by atoms with E-state index in [2.05, 4.69) is 25.6 Å². The summed E-state index contributed by atoms with van der Waals surface area (Å²) < 4.78 is 40.7. The Bertz CT molecular complexity index is 634. The molecule has 3 rings (SSSR count). The quantitative estimate of drug-likeness (QED) is 0.857. The van der Waals surface area contributed by atoms with E-state index < -0.39 is 15.8 Å². The highest BCUT2D eigenvalue weighted by atomic mass is 79.9. The highest BCUT2D eigenvalue weighted by Crippen LogP contribution is 2.31. The van der Waals surface area contributed by atoms with E-state index in [1.807, 2.05) is 0 Å². The van der Waals surface area contributed by atoms with E-state index in [-0.39, 0.29) is 9.37 Å². The molecule has 1 aromatic rings. The first-order chi connectivity index (χ1) is 9.95. The number of rotatable bonds is 5. The van der Waals surface area contributed by atoms with Gasteiger partial charge in [0, 0.05) is 19.1 Å². The highest BCUT2D eigenvalue weighted by Gasteiger charge is 2.34. The Morgan fingerprint density at radius 3 is 2.76 bits per heavy atom. The molecule has 1 saturated heterocycles. The minimum absolute atomic E-state index is 0.0276. The molecule has 1 atom stereocenters. The molecule has 7 heteroatoms. The monoisotopic (exact) mass is 376 g/mol. The Kier molecular flexibility index (Phi) is 4.36. The third-order valence-electron chi connectivity index (χ3n) is 4.14. The van der Waals surface area contributed by atoms with Crippen LogP contribution in [0.4, 0.5) is 4.39 Å². The van der Waals surface area contributed by atoms with E-state index in [1.54, 1.807) is 0 Å². The predicted octanol–water partition coefficient (Wildman–Crippen LogP) is 2.35. The molecule has 1 N–H and O–H groups in total. The maximum Gasteiger partial charge on any atom is 0.240 e. The van der Waals surface area contributed by atoms with Crippen molar-refractivity contribution < 1.29 is 12.8 Å². The lowest BCUT2D eigenvalue weighted by Gasteiger charge is -2.15. The van der Waals surface area contributed by atoms with Crippen molar-refractivity contribution in [1.82, 2.24) is 9.62 Å². The molecule has 0 radical (unpaired) electrons. The van der Waals surface area contributed by atoms with Gasteiger partial charge in [0.25, 0.3) is 0 Å². The summed E-state index contributed by atoms with van der Waals surface area (Å²) in [6, 6.07) is 4.58. The second kappa shape index (κ2) is 5.95. The van der Waals surface area contributed by atoms with Gasteiger partial charge in [-0.1, -0.05) is 0 Å². The van der Waals surface area contributed by atoms with Crippen LogP contribution in [0.2, 0.25) is 0 Å². The number of sulfonamides is 1. The van der Waals surface area contributed by atoms with Crippen molar-refractivity contribution in [3.63, 3.8) is 0 Å². The van der Waals surface area contributed by atoms with Crippen LogP contribution < -0.4 is 4.72 Å². The first kappa shape index (κ1) is 15.4. The minimum Gasteiger partial charge on any atom is -0.300 e. The highest BCUT2D eigenvalue weighted by molar-refractivity contribution is 9.10. The van der Waals surface area contributed by atoms with Crippen molar-refractivity contribution in [3.8, 4) is 0 Å². The van der Waals surface area contributed by atoms with Crippen molar-refractivity contribution in [1.29, 1.82) is 0 Å². The molecule has 1 heterocycles. The number of hydrogen-bond donors (Lipinski definition) is 1. The third-order valence-corrected chi connectivity index (χ3v) is 6.21. The van der Waals surface area contributed by atoms with E-state index in [0.717, 1.165) is 31.6 Å². The van der Waals surface area contributed by atoms with Crippen molar-refractivity contribution in [2.75, 3.05) is 19.6 Å². The summed E-state index contributed by atoms with van der Waals surface area (Å²) in [6.45, 7) is 2.44. The van der Waals surface area contributed by atoms with Crippen LogP contribution in [0.25, 0.3) is 0 Å². The van der Waals surface area contributed by atoms with E-state index in [0.29, 0.717) is 12.5 Å². The topological polar surface area (TPSA) is 49.4 Å². The van der Waals surface area contributed by atoms with Crippen LogP contribution in [-0.2, 0) is 10.0 Å². The van der Waals surface area contributed by atoms with E-state index in [9.17, 15) is 12.8 Å². The van der Waals surface area contributed by atoms with Crippen LogP contribution in [0, 0.1) is 11.7 Å². The Labute approximate surface area is 132 Å². The molecule has 0 amide bonds. The largest absolute Gasteiger partial charge is 0.300 e. The van der Waals surface area contributed by atoms with Gasteiger partial charge in [-0.25, -0.2) is 17.5 Å². The number of likely N-dealkylation sites (tertiary alicyclic amines) is 1. The number of nitrogens with one attached hydrogen (secondary N) is 1. The molecule has 2 aliphatic rings. The maximum absolute atomic E-state index is 13.5. The van der Waals surface area contributed by atoms with Gasteiger partial charge in [-0.05, 0) is 65.9 Å². The van der Waals surface area contributed by atoms with Gasteiger partial charge in [0.05, 0.1) is 9.37 Å². The summed E-state index contributed by atoms with van der Waals surface area (Å²) >= 11 is 3.02. The molecule has 4 nitrogen and oxygen atoms in total. The van der Waals surface area contributed by atoms with E-state index in [1.165, 1.54) is 25.0 Å². The molecule has 116 valence electrons. The predicted molar refractivity (Wildman–Crippen MR) is 82.0 cm³/mol. The van der Waals surface area contributed by atoms with Crippen molar-refractivity contribution in [2.24, 2.45) is 5.92 Å². The van der Waals surface area contributed by atoms with Crippen LogP contribution in [0.15, 0.2) is 27.6 Å². The zero-order valence-electron chi connectivity index (χ0n) is 11.6. The van der Waals surface area contributed by atoms with Crippen LogP contribution in [0.3, 0.4) is 0 Å². The summed E-state index contributed by atoms with van der Waals surface area (Å²) in [4.78, 5) is 2.42. The van der Waals surface area contributed by atoms with Gasteiger partial charge >= 0.3 is 0 Å². The molecule has 0 bridgehead atoms. The number of halogens is 2. The van der Waals surface area contributed by atoms with Gasteiger partial charge in [-0.2, -0.15) is 0 Å². The fourth-order valence-electron chi connectivity index (χ4n) is 2.76. The smallest absolute Gasteiger partial charge is 0.240 e. The van der Waals surface area contributed by atoms with Crippen LogP contribution in [0.5, 0.6) is 0 Å². The van der Waals surface area contributed by atoms with Gasteiger partial charge in [-0.3, -0.25) is 0 Å². The zero-order chi connectivity index (χ0) is 15.0. The summed E-state index contributed by atoms with van der Waals surface area (Å²) in [6.07, 6.45) is 3.57. The van der Waals surface area contributed by atoms with Crippen molar-refractivity contribution in [2.45, 2.75) is 30.2 Å². The summed E-state index contributed by atoms with van der Waals surface area (Å²) in [5.74, 6) is -0.223. The second-order valence-electron chi connectivity index (χ2n) is 5.81. The Hall–Kier alpha value is -0.500. The lowest BCUT2D eigenvalue weighted by molar-refractivity contribution is 0.314. The van der Waals surface area contributed by atoms with Crippen LogP contribution in [-0.4, -0.2) is 39.0 Å². The molecule has 21 heavy (non-hydrogen) atoms. The molecule has 1 aromatic carbocycles. The van der Waals surface area contributed by atoms with Gasteiger partial charge in [0.2, 0.25) is 10.0 Å². The Balaban J connectivity index is 1.59. The second-order valence-corrected chi connectivity index (χ2v) is 8.43. The van der Waals surface area contributed by atoms with Crippen LogP contribution in [0.1, 0.15) is 19.3 Å². The molecule has 0 aromatic heterocycles. The number of nitrogens with zero attached hydrogens (tertiary/aromatic N) is 1. The molecule has 1 saturated carbocycles. The SMILES string of the molecule is O=S(=O)(NCC1CCN(C2CC2)C1)c1ccc(Br)c(F)c1. The fourth-order valence-corrected chi connectivity index (χ4v) is 4.13. The molecule has 0 spiro atoms. The summed E-state index contributed by atoms with van der Waals surface area (Å²) in [5, 5.41) is 0. The van der Waals surface area contributed by atoms with E-state index in [4.69, 9.17) is 0 Å².